The Morgan fingerprint density at radius 2 is 1.80 bits per heavy atom. The quantitative estimate of drug-likeness (QED) is 0.573. The van der Waals surface area contributed by atoms with Gasteiger partial charge in [-0.25, -0.2) is 0 Å². The molecule has 1 aromatic carbocycles. The van der Waals surface area contributed by atoms with Gasteiger partial charge in [0.25, 0.3) is 5.91 Å². The Balaban J connectivity index is 1.97. The van der Waals surface area contributed by atoms with Crippen LogP contribution in [0.3, 0.4) is 0 Å². The summed E-state index contributed by atoms with van der Waals surface area (Å²) in [4.78, 5) is 24.2. The van der Waals surface area contributed by atoms with E-state index in [9.17, 15) is 9.59 Å². The second-order valence-corrected chi connectivity index (χ2v) is 7.30. The fourth-order valence-electron chi connectivity index (χ4n) is 3.16. The number of nitrogens with one attached hydrogen (secondary N) is 1. The first-order chi connectivity index (χ1) is 11.9. The van der Waals surface area contributed by atoms with Gasteiger partial charge in [0.05, 0.1) is 6.42 Å². The first kappa shape index (κ1) is 19.2. The number of hydrogen-bond donors (Lipinski definition) is 1. The maximum absolute atomic E-state index is 12.3. The lowest BCUT2D eigenvalue weighted by molar-refractivity contribution is -0.147. The van der Waals surface area contributed by atoms with Crippen LogP contribution in [-0.2, 0) is 14.3 Å². The van der Waals surface area contributed by atoms with Crippen LogP contribution in [-0.4, -0.2) is 18.5 Å². The van der Waals surface area contributed by atoms with Crippen LogP contribution in [0.25, 0.3) is 0 Å². The van der Waals surface area contributed by atoms with E-state index >= 15 is 0 Å². The van der Waals surface area contributed by atoms with Gasteiger partial charge in [-0.2, -0.15) is 0 Å². The van der Waals surface area contributed by atoms with Gasteiger partial charge in [0, 0.05) is 5.69 Å². The van der Waals surface area contributed by atoms with E-state index in [0.29, 0.717) is 18.3 Å². The third-order valence-electron chi connectivity index (χ3n) is 4.54. The monoisotopic (exact) mass is 343 g/mol. The zero-order valence-corrected chi connectivity index (χ0v) is 15.7. The average molecular weight is 343 g/mol. The van der Waals surface area contributed by atoms with E-state index in [1.54, 1.807) is 0 Å². The Labute approximate surface area is 150 Å². The van der Waals surface area contributed by atoms with Crippen molar-refractivity contribution in [2.24, 2.45) is 5.92 Å². The van der Waals surface area contributed by atoms with Crippen LogP contribution in [0, 0.1) is 5.92 Å². The molecule has 136 valence electrons. The van der Waals surface area contributed by atoms with Crippen LogP contribution < -0.4 is 5.32 Å². The summed E-state index contributed by atoms with van der Waals surface area (Å²) in [6, 6.07) is 6.09. The first-order valence-electron chi connectivity index (χ1n) is 9.13. The lowest BCUT2D eigenvalue weighted by Gasteiger charge is -2.20. The molecule has 0 bridgehead atoms. The third-order valence-corrected chi connectivity index (χ3v) is 4.54. The maximum atomic E-state index is 12.3. The fourth-order valence-corrected chi connectivity index (χ4v) is 3.16. The number of carbonyl (C=O) groups is 2. The van der Waals surface area contributed by atoms with Crippen LogP contribution in [0.2, 0.25) is 0 Å². The van der Waals surface area contributed by atoms with Gasteiger partial charge >= 0.3 is 5.97 Å². The van der Waals surface area contributed by atoms with Crippen LogP contribution in [0.4, 0.5) is 5.69 Å². The van der Waals surface area contributed by atoms with Gasteiger partial charge in [-0.05, 0) is 41.7 Å². The summed E-state index contributed by atoms with van der Waals surface area (Å²) in [7, 11) is 0. The van der Waals surface area contributed by atoms with Gasteiger partial charge in [-0.3, -0.25) is 9.59 Å². The zero-order chi connectivity index (χ0) is 18.4. The SMILES string of the molecule is CC(C)c1cccc(C(C)C)c1NC(=O)COC(=O)C[C@@H]1C=CCC1. The van der Waals surface area contributed by atoms with Crippen molar-refractivity contribution in [2.75, 3.05) is 11.9 Å². The van der Waals surface area contributed by atoms with Crippen molar-refractivity contribution in [3.8, 4) is 0 Å². The minimum Gasteiger partial charge on any atom is -0.456 e. The number of anilines is 1. The number of rotatable bonds is 7. The van der Waals surface area contributed by atoms with Crippen molar-refractivity contribution in [1.29, 1.82) is 0 Å². The van der Waals surface area contributed by atoms with Crippen molar-refractivity contribution in [3.05, 3.63) is 41.5 Å². The predicted molar refractivity (Wildman–Crippen MR) is 101 cm³/mol. The topological polar surface area (TPSA) is 55.4 Å². The van der Waals surface area contributed by atoms with Crippen molar-refractivity contribution in [3.63, 3.8) is 0 Å². The largest absolute Gasteiger partial charge is 0.456 e. The Morgan fingerprint density at radius 1 is 1.16 bits per heavy atom. The lowest BCUT2D eigenvalue weighted by atomic mass is 9.92. The highest BCUT2D eigenvalue weighted by Crippen LogP contribution is 2.32. The molecule has 0 aliphatic heterocycles. The molecule has 25 heavy (non-hydrogen) atoms. The molecule has 1 N–H and O–H groups in total. The molecule has 0 fully saturated rings. The lowest BCUT2D eigenvalue weighted by Crippen LogP contribution is -2.23. The molecule has 0 radical (unpaired) electrons. The summed E-state index contributed by atoms with van der Waals surface area (Å²) >= 11 is 0. The van der Waals surface area contributed by atoms with Gasteiger partial charge in [-0.15, -0.1) is 0 Å². The van der Waals surface area contributed by atoms with Crippen LogP contribution in [0.5, 0.6) is 0 Å². The van der Waals surface area contributed by atoms with Gasteiger partial charge in [-0.1, -0.05) is 58.0 Å². The van der Waals surface area contributed by atoms with Crippen LogP contribution in [0.1, 0.15) is 69.9 Å². The molecule has 1 amide bonds. The first-order valence-corrected chi connectivity index (χ1v) is 9.13. The summed E-state index contributed by atoms with van der Waals surface area (Å²) in [5, 5.41) is 2.96. The molecule has 2 rings (SSSR count). The van der Waals surface area contributed by atoms with E-state index in [4.69, 9.17) is 4.74 Å². The molecule has 1 atom stereocenters. The summed E-state index contributed by atoms with van der Waals surface area (Å²) in [5.41, 5.74) is 3.05. The molecular formula is C21H29NO3. The van der Waals surface area contributed by atoms with Crippen LogP contribution in [0.15, 0.2) is 30.4 Å². The van der Waals surface area contributed by atoms with Gasteiger partial charge in [0.1, 0.15) is 0 Å². The van der Waals surface area contributed by atoms with Crippen molar-refractivity contribution >= 4 is 17.6 Å². The molecule has 0 unspecified atom stereocenters. The number of hydrogen-bond acceptors (Lipinski definition) is 3. The van der Waals surface area contributed by atoms with Crippen LogP contribution >= 0.6 is 0 Å². The van der Waals surface area contributed by atoms with Crippen molar-refractivity contribution < 1.29 is 14.3 Å². The number of para-hydroxylation sites is 1. The molecule has 0 heterocycles. The molecule has 0 spiro atoms. The highest BCUT2D eigenvalue weighted by Gasteiger charge is 2.18. The molecule has 4 heteroatoms. The maximum Gasteiger partial charge on any atom is 0.306 e. The summed E-state index contributed by atoms with van der Waals surface area (Å²) in [6.45, 7) is 8.17. The second-order valence-electron chi connectivity index (χ2n) is 7.30. The Hall–Kier alpha value is -2.10. The number of esters is 1. The highest BCUT2D eigenvalue weighted by molar-refractivity contribution is 5.94. The highest BCUT2D eigenvalue weighted by atomic mass is 16.5. The van der Waals surface area contributed by atoms with E-state index in [-0.39, 0.29) is 24.4 Å². The predicted octanol–water partition coefficient (Wildman–Crippen LogP) is 4.77. The number of allylic oxidation sites excluding steroid dienone is 2. The molecule has 0 aromatic heterocycles. The van der Waals surface area contributed by atoms with E-state index in [1.165, 1.54) is 0 Å². The second kappa shape index (κ2) is 8.84. The Morgan fingerprint density at radius 3 is 2.32 bits per heavy atom. The third kappa shape index (κ3) is 5.45. The van der Waals surface area contributed by atoms with Gasteiger partial charge in [0.15, 0.2) is 6.61 Å². The van der Waals surface area contributed by atoms with E-state index in [2.05, 4.69) is 45.2 Å². The number of amides is 1. The van der Waals surface area contributed by atoms with Crippen molar-refractivity contribution in [1.82, 2.24) is 0 Å². The summed E-state index contributed by atoms with van der Waals surface area (Å²) < 4.78 is 5.15. The smallest absolute Gasteiger partial charge is 0.306 e. The summed E-state index contributed by atoms with van der Waals surface area (Å²) in [6.07, 6.45) is 6.49. The zero-order valence-electron chi connectivity index (χ0n) is 15.7. The number of ether oxygens (including phenoxy) is 1. The Kier molecular flexibility index (Phi) is 6.80. The molecule has 0 saturated carbocycles. The summed E-state index contributed by atoms with van der Waals surface area (Å²) in [5.74, 6) is 0.249. The molecular weight excluding hydrogens is 314 g/mol. The fraction of sp³-hybridized carbons (Fsp3) is 0.524. The Bertz CT molecular complexity index is 620. The molecule has 1 aliphatic rings. The minimum absolute atomic E-state index is 0.237. The molecule has 1 aromatic rings. The van der Waals surface area contributed by atoms with E-state index in [1.807, 2.05) is 18.2 Å². The number of benzene rings is 1. The normalized spacial score (nSPS) is 16.5. The average Bonchev–Trinajstić information content (AvgIpc) is 3.05. The van der Waals surface area contributed by atoms with Gasteiger partial charge < -0.3 is 10.1 Å². The minimum atomic E-state index is -0.312. The van der Waals surface area contributed by atoms with E-state index in [0.717, 1.165) is 29.7 Å². The number of carbonyl (C=O) groups excluding carboxylic acids is 2. The molecule has 4 nitrogen and oxygen atoms in total. The van der Waals surface area contributed by atoms with Crippen molar-refractivity contribution in [2.45, 2.75) is 58.8 Å². The van der Waals surface area contributed by atoms with E-state index < -0.39 is 0 Å². The molecule has 0 saturated heterocycles. The molecule has 1 aliphatic carbocycles. The van der Waals surface area contributed by atoms with Gasteiger partial charge in [0.2, 0.25) is 0 Å². The standard InChI is InChI=1S/C21H29NO3/c1-14(2)17-10-7-11-18(15(3)4)21(17)22-19(23)13-25-20(24)12-16-8-5-6-9-16/h5,7-8,10-11,14-16H,6,9,12-13H2,1-4H3,(H,22,23)/t16-/m1/s1.